The van der Waals surface area contributed by atoms with Crippen molar-refractivity contribution in [3.63, 3.8) is 0 Å². The number of hydrogen-bond acceptors (Lipinski definition) is 4. The topological polar surface area (TPSA) is 53.1 Å². The third-order valence-corrected chi connectivity index (χ3v) is 5.46. The summed E-state index contributed by atoms with van der Waals surface area (Å²) in [5, 5.41) is 10.0. The predicted molar refractivity (Wildman–Crippen MR) is 98.7 cm³/mol. The molecular weight excluding hydrogens is 310 g/mol. The van der Waals surface area contributed by atoms with Crippen LogP contribution in [-0.2, 0) is 12.8 Å². The van der Waals surface area contributed by atoms with Gasteiger partial charge in [0.15, 0.2) is 0 Å². The van der Waals surface area contributed by atoms with Crippen molar-refractivity contribution in [3.8, 4) is 17.4 Å². The van der Waals surface area contributed by atoms with Gasteiger partial charge in [-0.15, -0.1) is 0 Å². The third-order valence-electron chi connectivity index (χ3n) is 5.46. The van der Waals surface area contributed by atoms with E-state index in [-0.39, 0.29) is 0 Å². The van der Waals surface area contributed by atoms with Crippen molar-refractivity contribution in [2.45, 2.75) is 58.3 Å². The van der Waals surface area contributed by atoms with Crippen molar-refractivity contribution in [1.82, 2.24) is 4.98 Å². The molecule has 0 unspecified atom stereocenters. The molecule has 25 heavy (non-hydrogen) atoms. The van der Waals surface area contributed by atoms with Gasteiger partial charge in [-0.05, 0) is 69.6 Å². The van der Waals surface area contributed by atoms with Crippen LogP contribution in [0, 0.1) is 18.3 Å². The Labute approximate surface area is 149 Å². The molecule has 1 aliphatic heterocycles. The Morgan fingerprint density at radius 2 is 1.80 bits per heavy atom. The molecule has 2 aromatic heterocycles. The van der Waals surface area contributed by atoms with Gasteiger partial charge in [0.1, 0.15) is 29.0 Å². The molecule has 0 amide bonds. The summed E-state index contributed by atoms with van der Waals surface area (Å²) < 4.78 is 5.96. The van der Waals surface area contributed by atoms with E-state index >= 15 is 0 Å². The molecule has 0 saturated carbocycles. The highest BCUT2D eigenvalue weighted by Gasteiger charge is 2.27. The highest BCUT2D eigenvalue weighted by atomic mass is 16.3. The number of rotatable bonds is 2. The lowest BCUT2D eigenvalue weighted by Crippen LogP contribution is -2.31. The van der Waals surface area contributed by atoms with Crippen molar-refractivity contribution in [3.05, 3.63) is 34.7 Å². The fourth-order valence-electron chi connectivity index (χ4n) is 4.19. The molecule has 0 bridgehead atoms. The molecule has 1 fully saturated rings. The first kappa shape index (κ1) is 16.2. The standard InChI is InChI=1S/C21H25N3O/c1-15-10-11-19(25-15)20-16-8-4-2-5-9-18(16)23-21(17(20)14-22)24-12-6-3-7-13-24/h10-11H,2-9,12-13H2,1H3. The van der Waals surface area contributed by atoms with E-state index in [1.54, 1.807) is 0 Å². The summed E-state index contributed by atoms with van der Waals surface area (Å²) in [4.78, 5) is 7.33. The van der Waals surface area contributed by atoms with Crippen LogP contribution >= 0.6 is 0 Å². The fourth-order valence-corrected chi connectivity index (χ4v) is 4.19. The van der Waals surface area contributed by atoms with E-state index < -0.39 is 0 Å². The average Bonchev–Trinajstić information content (AvgIpc) is 2.93. The van der Waals surface area contributed by atoms with E-state index in [2.05, 4.69) is 11.0 Å². The van der Waals surface area contributed by atoms with Crippen molar-refractivity contribution < 1.29 is 4.42 Å². The molecule has 0 atom stereocenters. The van der Waals surface area contributed by atoms with E-state index in [9.17, 15) is 5.26 Å². The monoisotopic (exact) mass is 335 g/mol. The zero-order valence-electron chi connectivity index (χ0n) is 15.0. The number of fused-ring (bicyclic) bond motifs is 1. The number of anilines is 1. The molecule has 130 valence electrons. The molecule has 0 spiro atoms. The number of piperidine rings is 1. The second kappa shape index (κ2) is 6.92. The van der Waals surface area contributed by atoms with Crippen LogP contribution in [0.4, 0.5) is 5.82 Å². The van der Waals surface area contributed by atoms with Gasteiger partial charge >= 0.3 is 0 Å². The SMILES string of the molecule is Cc1ccc(-c2c(C#N)c(N3CCCCC3)nc3c2CCCCC3)o1. The van der Waals surface area contributed by atoms with Gasteiger partial charge < -0.3 is 9.32 Å². The largest absolute Gasteiger partial charge is 0.461 e. The number of nitrogens with zero attached hydrogens (tertiary/aromatic N) is 3. The summed E-state index contributed by atoms with van der Waals surface area (Å²) in [6, 6.07) is 6.47. The van der Waals surface area contributed by atoms with Gasteiger partial charge in [-0.25, -0.2) is 4.98 Å². The molecule has 4 nitrogen and oxygen atoms in total. The van der Waals surface area contributed by atoms with Gasteiger partial charge in [0.25, 0.3) is 0 Å². The molecule has 3 heterocycles. The smallest absolute Gasteiger partial charge is 0.147 e. The maximum absolute atomic E-state index is 10.0. The van der Waals surface area contributed by atoms with Gasteiger partial charge in [-0.3, -0.25) is 0 Å². The Balaban J connectivity index is 1.94. The first-order valence-corrected chi connectivity index (χ1v) is 9.55. The number of hydrogen-bond donors (Lipinski definition) is 0. The second-order valence-corrected chi connectivity index (χ2v) is 7.24. The van der Waals surface area contributed by atoms with Crippen LogP contribution in [0.15, 0.2) is 16.5 Å². The van der Waals surface area contributed by atoms with E-state index in [0.717, 1.165) is 55.3 Å². The number of nitriles is 1. The Kier molecular flexibility index (Phi) is 4.48. The average molecular weight is 335 g/mol. The quantitative estimate of drug-likeness (QED) is 0.741. The Morgan fingerprint density at radius 3 is 2.52 bits per heavy atom. The second-order valence-electron chi connectivity index (χ2n) is 7.24. The van der Waals surface area contributed by atoms with Gasteiger partial charge in [0, 0.05) is 24.3 Å². The molecule has 2 aliphatic rings. The van der Waals surface area contributed by atoms with Gasteiger partial charge in [-0.2, -0.15) is 5.26 Å². The van der Waals surface area contributed by atoms with Gasteiger partial charge in [0.2, 0.25) is 0 Å². The van der Waals surface area contributed by atoms with Gasteiger partial charge in [0.05, 0.1) is 0 Å². The van der Waals surface area contributed by atoms with Crippen molar-refractivity contribution >= 4 is 5.82 Å². The van der Waals surface area contributed by atoms with Crippen molar-refractivity contribution in [2.75, 3.05) is 18.0 Å². The van der Waals surface area contributed by atoms with E-state index in [1.807, 2.05) is 19.1 Å². The van der Waals surface area contributed by atoms with Crippen molar-refractivity contribution in [1.29, 1.82) is 5.26 Å². The molecule has 0 aromatic carbocycles. The normalized spacial score (nSPS) is 17.7. The molecule has 4 heteroatoms. The summed E-state index contributed by atoms with van der Waals surface area (Å²) in [6.07, 6.45) is 9.21. The summed E-state index contributed by atoms with van der Waals surface area (Å²) in [6.45, 7) is 3.95. The van der Waals surface area contributed by atoms with Gasteiger partial charge in [-0.1, -0.05) is 6.42 Å². The van der Waals surface area contributed by atoms with E-state index in [4.69, 9.17) is 9.40 Å². The Morgan fingerprint density at radius 1 is 1.04 bits per heavy atom. The molecule has 0 N–H and O–H groups in total. The predicted octanol–water partition coefficient (Wildman–Crippen LogP) is 4.78. The summed E-state index contributed by atoms with van der Waals surface area (Å²) in [7, 11) is 0. The lowest BCUT2D eigenvalue weighted by molar-refractivity contribution is 0.546. The minimum absolute atomic E-state index is 0.705. The highest BCUT2D eigenvalue weighted by Crippen LogP contribution is 2.38. The minimum Gasteiger partial charge on any atom is -0.461 e. The third kappa shape index (κ3) is 3.04. The van der Waals surface area contributed by atoms with Crippen LogP contribution in [0.3, 0.4) is 0 Å². The lowest BCUT2D eigenvalue weighted by atomic mass is 9.94. The van der Waals surface area contributed by atoms with Crippen LogP contribution in [0.25, 0.3) is 11.3 Å². The first-order valence-electron chi connectivity index (χ1n) is 9.55. The molecule has 4 rings (SSSR count). The van der Waals surface area contributed by atoms with Crippen LogP contribution in [0.2, 0.25) is 0 Å². The summed E-state index contributed by atoms with van der Waals surface area (Å²) in [5.74, 6) is 2.59. The number of aromatic nitrogens is 1. The van der Waals surface area contributed by atoms with Crippen LogP contribution < -0.4 is 4.90 Å². The summed E-state index contributed by atoms with van der Waals surface area (Å²) >= 11 is 0. The highest BCUT2D eigenvalue weighted by molar-refractivity contribution is 5.78. The molecule has 1 saturated heterocycles. The minimum atomic E-state index is 0.705. The Bertz CT molecular complexity index is 809. The summed E-state index contributed by atoms with van der Waals surface area (Å²) in [5.41, 5.74) is 4.13. The van der Waals surface area contributed by atoms with Crippen LogP contribution in [0.1, 0.15) is 61.1 Å². The first-order chi connectivity index (χ1) is 12.3. The number of pyridine rings is 1. The zero-order valence-corrected chi connectivity index (χ0v) is 15.0. The molecule has 1 aliphatic carbocycles. The van der Waals surface area contributed by atoms with Crippen molar-refractivity contribution in [2.24, 2.45) is 0 Å². The van der Waals surface area contributed by atoms with Crippen LogP contribution in [-0.4, -0.2) is 18.1 Å². The molecular formula is C21H25N3O. The number of furan rings is 1. The molecule has 2 aromatic rings. The fraction of sp³-hybridized carbons (Fsp3) is 0.524. The Hall–Kier alpha value is -2.28. The maximum Gasteiger partial charge on any atom is 0.147 e. The lowest BCUT2D eigenvalue weighted by Gasteiger charge is -2.30. The number of aryl methyl sites for hydroxylation is 2. The van der Waals surface area contributed by atoms with E-state index in [0.29, 0.717) is 5.56 Å². The van der Waals surface area contributed by atoms with E-state index in [1.165, 1.54) is 43.4 Å². The van der Waals surface area contributed by atoms with Crippen LogP contribution in [0.5, 0.6) is 0 Å². The maximum atomic E-state index is 10.0. The molecule has 0 radical (unpaired) electrons. The zero-order chi connectivity index (χ0) is 17.2.